The zero-order chi connectivity index (χ0) is 21.3. The number of hydrogen-bond donors (Lipinski definition) is 1. The highest BCUT2D eigenvalue weighted by molar-refractivity contribution is 5.96. The summed E-state index contributed by atoms with van der Waals surface area (Å²) in [7, 11) is 1.63. The van der Waals surface area contributed by atoms with Gasteiger partial charge in [-0.2, -0.15) is 5.10 Å². The zero-order valence-electron chi connectivity index (χ0n) is 17.2. The molecular formula is C21H24N6O3. The van der Waals surface area contributed by atoms with Crippen molar-refractivity contribution in [2.45, 2.75) is 19.9 Å². The molecular weight excluding hydrogens is 384 g/mol. The number of benzene rings is 1. The first-order valence-electron chi connectivity index (χ1n) is 9.67. The lowest BCUT2D eigenvalue weighted by atomic mass is 10.0. The van der Waals surface area contributed by atoms with Crippen LogP contribution < -0.4 is 10.5 Å². The molecule has 2 N–H and O–H groups in total. The zero-order valence-corrected chi connectivity index (χ0v) is 17.2. The van der Waals surface area contributed by atoms with Crippen LogP contribution in [0, 0.1) is 13.8 Å². The number of carbonyl (C=O) groups is 1. The van der Waals surface area contributed by atoms with Gasteiger partial charge in [-0.05, 0) is 26.0 Å². The van der Waals surface area contributed by atoms with Crippen molar-refractivity contribution in [2.75, 3.05) is 32.6 Å². The van der Waals surface area contributed by atoms with Crippen LogP contribution in [0.25, 0.3) is 5.69 Å². The summed E-state index contributed by atoms with van der Waals surface area (Å²) >= 11 is 0. The predicted octanol–water partition coefficient (Wildman–Crippen LogP) is 2.08. The van der Waals surface area contributed by atoms with Crippen LogP contribution in [0.4, 0.5) is 5.82 Å². The van der Waals surface area contributed by atoms with Crippen molar-refractivity contribution in [3.63, 3.8) is 0 Å². The van der Waals surface area contributed by atoms with Gasteiger partial charge in [0.2, 0.25) is 0 Å². The quantitative estimate of drug-likeness (QED) is 0.704. The molecule has 2 aromatic heterocycles. The fraction of sp³-hybridized carbons (Fsp3) is 0.333. The van der Waals surface area contributed by atoms with E-state index in [1.807, 2.05) is 42.8 Å². The predicted molar refractivity (Wildman–Crippen MR) is 111 cm³/mol. The van der Waals surface area contributed by atoms with E-state index >= 15 is 0 Å². The van der Waals surface area contributed by atoms with E-state index in [0.717, 1.165) is 28.4 Å². The van der Waals surface area contributed by atoms with Crippen LogP contribution in [0.15, 0.2) is 36.7 Å². The molecule has 0 saturated carbocycles. The van der Waals surface area contributed by atoms with Crippen LogP contribution >= 0.6 is 0 Å². The number of hydrogen-bond acceptors (Lipinski definition) is 7. The van der Waals surface area contributed by atoms with Gasteiger partial charge in [0.05, 0.1) is 37.7 Å². The van der Waals surface area contributed by atoms with Gasteiger partial charge < -0.3 is 20.1 Å². The number of rotatable bonds is 4. The van der Waals surface area contributed by atoms with E-state index in [1.165, 1.54) is 12.4 Å². The maximum absolute atomic E-state index is 13.2. The molecule has 3 aromatic rings. The Hall–Kier alpha value is -3.46. The molecule has 1 aliphatic rings. The SMILES string of the molecule is COc1cccc(-n2nc(C)c([C@@H]3COCCN3C(=O)c3nccnc3N)c2C)c1. The van der Waals surface area contributed by atoms with Crippen LogP contribution in [0.3, 0.4) is 0 Å². The Morgan fingerprint density at radius 2 is 2.07 bits per heavy atom. The molecule has 30 heavy (non-hydrogen) atoms. The topological polar surface area (TPSA) is 108 Å². The number of aryl methyl sites for hydroxylation is 1. The van der Waals surface area contributed by atoms with E-state index in [2.05, 4.69) is 9.97 Å². The highest BCUT2D eigenvalue weighted by Gasteiger charge is 2.34. The molecule has 0 spiro atoms. The van der Waals surface area contributed by atoms with Gasteiger partial charge >= 0.3 is 0 Å². The number of morpholine rings is 1. The second-order valence-electron chi connectivity index (χ2n) is 7.08. The second kappa shape index (κ2) is 8.11. The monoisotopic (exact) mass is 408 g/mol. The number of aromatic nitrogens is 4. The Balaban J connectivity index is 1.74. The van der Waals surface area contributed by atoms with Gasteiger partial charge in [-0.3, -0.25) is 4.79 Å². The lowest BCUT2D eigenvalue weighted by Gasteiger charge is -2.36. The molecule has 1 fully saturated rings. The summed E-state index contributed by atoms with van der Waals surface area (Å²) in [4.78, 5) is 23.1. The van der Waals surface area contributed by atoms with Crippen LogP contribution in [-0.4, -0.2) is 57.4 Å². The van der Waals surface area contributed by atoms with Gasteiger partial charge in [-0.1, -0.05) is 6.07 Å². The average molecular weight is 408 g/mol. The summed E-state index contributed by atoms with van der Waals surface area (Å²) in [6.45, 7) is 5.18. The molecule has 0 radical (unpaired) electrons. The molecule has 1 aliphatic heterocycles. The molecule has 4 rings (SSSR count). The van der Waals surface area contributed by atoms with Crippen molar-refractivity contribution in [1.29, 1.82) is 0 Å². The molecule has 9 nitrogen and oxygen atoms in total. The molecule has 0 aliphatic carbocycles. The molecule has 1 aromatic carbocycles. The summed E-state index contributed by atoms with van der Waals surface area (Å²) in [6, 6.07) is 7.39. The first kappa shape index (κ1) is 19.8. The van der Waals surface area contributed by atoms with Crippen molar-refractivity contribution in [2.24, 2.45) is 0 Å². The maximum Gasteiger partial charge on any atom is 0.276 e. The van der Waals surface area contributed by atoms with Gasteiger partial charge in [0.1, 0.15) is 5.75 Å². The highest BCUT2D eigenvalue weighted by Crippen LogP contribution is 2.32. The number of ether oxygens (including phenoxy) is 2. The fourth-order valence-electron chi connectivity index (χ4n) is 3.87. The lowest BCUT2D eigenvalue weighted by Crippen LogP contribution is -2.44. The van der Waals surface area contributed by atoms with E-state index in [4.69, 9.17) is 20.3 Å². The molecule has 0 unspecified atom stereocenters. The van der Waals surface area contributed by atoms with Gasteiger partial charge in [0, 0.05) is 36.3 Å². The standard InChI is InChI=1S/C21H24N6O3/c1-13-18(14(2)27(25-13)15-5-4-6-16(11-15)29-3)17-12-30-10-9-26(17)21(28)19-20(22)24-8-7-23-19/h4-8,11,17H,9-10,12H2,1-3H3,(H2,22,24)/t17-/m0/s1. The average Bonchev–Trinajstić information content (AvgIpc) is 3.07. The van der Waals surface area contributed by atoms with Crippen LogP contribution in [-0.2, 0) is 4.74 Å². The molecule has 1 amide bonds. The van der Waals surface area contributed by atoms with Gasteiger partial charge in [0.15, 0.2) is 11.5 Å². The normalized spacial score (nSPS) is 16.5. The Kier molecular flexibility index (Phi) is 5.37. The number of nitrogen functional groups attached to an aromatic ring is 1. The van der Waals surface area contributed by atoms with E-state index in [9.17, 15) is 4.79 Å². The number of amides is 1. The Morgan fingerprint density at radius 1 is 1.27 bits per heavy atom. The van der Waals surface area contributed by atoms with Crippen molar-refractivity contribution in [3.05, 3.63) is 59.3 Å². The Morgan fingerprint density at radius 3 is 2.83 bits per heavy atom. The maximum atomic E-state index is 13.2. The largest absolute Gasteiger partial charge is 0.497 e. The number of carbonyl (C=O) groups excluding carboxylic acids is 1. The minimum absolute atomic E-state index is 0.119. The van der Waals surface area contributed by atoms with E-state index < -0.39 is 0 Å². The molecule has 9 heteroatoms. The van der Waals surface area contributed by atoms with Crippen molar-refractivity contribution >= 4 is 11.7 Å². The first-order chi connectivity index (χ1) is 14.5. The van der Waals surface area contributed by atoms with Crippen molar-refractivity contribution in [3.8, 4) is 11.4 Å². The first-order valence-corrected chi connectivity index (χ1v) is 9.67. The minimum Gasteiger partial charge on any atom is -0.497 e. The van der Waals surface area contributed by atoms with Crippen molar-refractivity contribution < 1.29 is 14.3 Å². The molecule has 3 heterocycles. The number of nitrogens with zero attached hydrogens (tertiary/aromatic N) is 5. The Labute approximate surface area is 174 Å². The molecule has 156 valence electrons. The van der Waals surface area contributed by atoms with Gasteiger partial charge in [-0.15, -0.1) is 0 Å². The summed E-state index contributed by atoms with van der Waals surface area (Å²) in [5.74, 6) is 0.604. The minimum atomic E-state index is -0.299. The summed E-state index contributed by atoms with van der Waals surface area (Å²) in [5, 5.41) is 4.73. The molecule has 0 bridgehead atoms. The van der Waals surface area contributed by atoms with Crippen LogP contribution in [0.2, 0.25) is 0 Å². The van der Waals surface area contributed by atoms with Crippen LogP contribution in [0.1, 0.15) is 33.5 Å². The number of anilines is 1. The van der Waals surface area contributed by atoms with Crippen LogP contribution in [0.5, 0.6) is 5.75 Å². The second-order valence-corrected chi connectivity index (χ2v) is 7.08. The Bertz CT molecular complexity index is 1080. The molecule has 1 saturated heterocycles. The summed E-state index contributed by atoms with van der Waals surface area (Å²) < 4.78 is 12.9. The third-order valence-corrected chi connectivity index (χ3v) is 5.30. The smallest absolute Gasteiger partial charge is 0.276 e. The highest BCUT2D eigenvalue weighted by atomic mass is 16.5. The van der Waals surface area contributed by atoms with Gasteiger partial charge in [0.25, 0.3) is 5.91 Å². The van der Waals surface area contributed by atoms with Crippen molar-refractivity contribution in [1.82, 2.24) is 24.6 Å². The summed E-state index contributed by atoms with van der Waals surface area (Å²) in [5.41, 5.74) is 9.65. The third kappa shape index (κ3) is 3.48. The van der Waals surface area contributed by atoms with E-state index in [-0.39, 0.29) is 23.5 Å². The van der Waals surface area contributed by atoms with E-state index in [0.29, 0.717) is 19.8 Å². The lowest BCUT2D eigenvalue weighted by molar-refractivity contribution is -0.00330. The fourth-order valence-corrected chi connectivity index (χ4v) is 3.87. The summed E-state index contributed by atoms with van der Waals surface area (Å²) in [6.07, 6.45) is 2.94. The van der Waals surface area contributed by atoms with Gasteiger partial charge in [-0.25, -0.2) is 14.6 Å². The number of methoxy groups -OCH3 is 1. The van der Waals surface area contributed by atoms with E-state index in [1.54, 1.807) is 12.0 Å². The molecule has 1 atom stereocenters. The number of nitrogens with two attached hydrogens (primary N) is 1. The third-order valence-electron chi connectivity index (χ3n) is 5.30.